The molecule has 0 saturated heterocycles. The van der Waals surface area contributed by atoms with Crippen LogP contribution in [-0.2, 0) is 0 Å². The van der Waals surface area contributed by atoms with Crippen LogP contribution in [0.15, 0.2) is 59.3 Å². The Morgan fingerprint density at radius 1 is 1.00 bits per heavy atom. The van der Waals surface area contributed by atoms with Gasteiger partial charge in [-0.15, -0.1) is 0 Å². The van der Waals surface area contributed by atoms with Gasteiger partial charge in [-0.05, 0) is 59.6 Å². The molecular formula is C19H17BrN4O. The van der Waals surface area contributed by atoms with Crippen molar-refractivity contribution in [3.63, 3.8) is 0 Å². The Kier molecular flexibility index (Phi) is 5.09. The molecule has 5 nitrogen and oxygen atoms in total. The number of halogens is 1. The number of aromatic nitrogens is 2. The number of nitrogens with zero attached hydrogens (tertiary/aromatic N) is 2. The first-order chi connectivity index (χ1) is 12.0. The number of anilines is 4. The standard InChI is InChI=1S/C19H17BrN4O/c1-12-6-7-17(16(20)8-12)24-19-10-18(21-11-22-19)23-15-5-3-4-14(9-15)13(2)25/h3-11H,1-2H3,(H2,21,22,23,24). The summed E-state index contributed by atoms with van der Waals surface area (Å²) in [5.74, 6) is 1.34. The number of hydrogen-bond donors (Lipinski definition) is 2. The highest BCUT2D eigenvalue weighted by Crippen LogP contribution is 2.27. The summed E-state index contributed by atoms with van der Waals surface area (Å²) in [5.41, 5.74) is 3.55. The maximum Gasteiger partial charge on any atom is 0.159 e. The number of benzene rings is 2. The van der Waals surface area contributed by atoms with E-state index in [2.05, 4.69) is 36.5 Å². The molecule has 0 saturated carbocycles. The molecule has 126 valence electrons. The summed E-state index contributed by atoms with van der Waals surface area (Å²) in [5, 5.41) is 6.46. The van der Waals surface area contributed by atoms with Gasteiger partial charge < -0.3 is 10.6 Å². The fraction of sp³-hybridized carbons (Fsp3) is 0.105. The van der Waals surface area contributed by atoms with Gasteiger partial charge in [0.1, 0.15) is 18.0 Å². The van der Waals surface area contributed by atoms with Crippen molar-refractivity contribution in [3.8, 4) is 0 Å². The van der Waals surface area contributed by atoms with Gasteiger partial charge in [-0.2, -0.15) is 0 Å². The number of carbonyl (C=O) groups is 1. The molecule has 2 aromatic carbocycles. The Balaban J connectivity index is 1.79. The lowest BCUT2D eigenvalue weighted by Crippen LogP contribution is -2.00. The molecule has 0 aliphatic rings. The van der Waals surface area contributed by atoms with E-state index in [0.717, 1.165) is 15.8 Å². The zero-order valence-electron chi connectivity index (χ0n) is 13.9. The van der Waals surface area contributed by atoms with Gasteiger partial charge in [0, 0.05) is 21.8 Å². The van der Waals surface area contributed by atoms with Gasteiger partial charge >= 0.3 is 0 Å². The van der Waals surface area contributed by atoms with Gasteiger partial charge in [-0.3, -0.25) is 4.79 Å². The van der Waals surface area contributed by atoms with Crippen LogP contribution >= 0.6 is 15.9 Å². The lowest BCUT2D eigenvalue weighted by Gasteiger charge is -2.11. The van der Waals surface area contributed by atoms with Gasteiger partial charge in [0.2, 0.25) is 0 Å². The highest BCUT2D eigenvalue weighted by molar-refractivity contribution is 9.10. The first-order valence-corrected chi connectivity index (χ1v) is 8.54. The van der Waals surface area contributed by atoms with E-state index in [1.54, 1.807) is 19.1 Å². The van der Waals surface area contributed by atoms with E-state index in [1.165, 1.54) is 11.9 Å². The Morgan fingerprint density at radius 2 is 1.76 bits per heavy atom. The van der Waals surface area contributed by atoms with Crippen molar-refractivity contribution >= 4 is 44.7 Å². The molecule has 0 aliphatic heterocycles. The summed E-state index contributed by atoms with van der Waals surface area (Å²) in [6.07, 6.45) is 1.49. The molecule has 3 aromatic rings. The largest absolute Gasteiger partial charge is 0.340 e. The molecule has 6 heteroatoms. The Labute approximate surface area is 154 Å². The summed E-state index contributed by atoms with van der Waals surface area (Å²) in [7, 11) is 0. The maximum atomic E-state index is 11.5. The van der Waals surface area contributed by atoms with E-state index in [1.807, 2.05) is 43.3 Å². The van der Waals surface area contributed by atoms with Gasteiger partial charge in [-0.1, -0.05) is 18.2 Å². The van der Waals surface area contributed by atoms with Crippen LogP contribution in [0.2, 0.25) is 0 Å². The summed E-state index contributed by atoms with van der Waals surface area (Å²) >= 11 is 3.54. The second-order valence-corrected chi connectivity index (χ2v) is 6.51. The van der Waals surface area contributed by atoms with E-state index in [-0.39, 0.29) is 5.78 Å². The molecule has 1 aromatic heterocycles. The number of rotatable bonds is 5. The Bertz CT molecular complexity index is 927. The quantitative estimate of drug-likeness (QED) is 0.577. The first-order valence-electron chi connectivity index (χ1n) is 7.74. The van der Waals surface area contributed by atoms with Crippen LogP contribution in [0.4, 0.5) is 23.0 Å². The Morgan fingerprint density at radius 3 is 2.48 bits per heavy atom. The first kappa shape index (κ1) is 17.1. The number of hydrogen-bond acceptors (Lipinski definition) is 5. The van der Waals surface area contributed by atoms with Crippen molar-refractivity contribution < 1.29 is 4.79 Å². The van der Waals surface area contributed by atoms with Crippen molar-refractivity contribution in [2.75, 3.05) is 10.6 Å². The zero-order valence-corrected chi connectivity index (χ0v) is 15.5. The lowest BCUT2D eigenvalue weighted by atomic mass is 10.1. The van der Waals surface area contributed by atoms with E-state index in [0.29, 0.717) is 17.2 Å². The second kappa shape index (κ2) is 7.44. The van der Waals surface area contributed by atoms with E-state index in [9.17, 15) is 4.79 Å². The highest BCUT2D eigenvalue weighted by Gasteiger charge is 2.05. The fourth-order valence-electron chi connectivity index (χ4n) is 2.32. The van der Waals surface area contributed by atoms with Gasteiger partial charge in [0.25, 0.3) is 0 Å². The molecule has 3 rings (SSSR count). The number of ketones is 1. The minimum absolute atomic E-state index is 0.0258. The summed E-state index contributed by atoms with van der Waals surface area (Å²) in [6.45, 7) is 3.58. The molecule has 0 radical (unpaired) electrons. The Hall–Kier alpha value is -2.73. The average Bonchev–Trinajstić information content (AvgIpc) is 2.58. The lowest BCUT2D eigenvalue weighted by molar-refractivity contribution is 0.101. The molecule has 0 fully saturated rings. The highest BCUT2D eigenvalue weighted by atomic mass is 79.9. The molecule has 0 atom stereocenters. The molecule has 25 heavy (non-hydrogen) atoms. The van der Waals surface area contributed by atoms with Crippen molar-refractivity contribution in [1.82, 2.24) is 9.97 Å². The van der Waals surface area contributed by atoms with E-state index < -0.39 is 0 Å². The smallest absolute Gasteiger partial charge is 0.159 e. The third-order valence-corrected chi connectivity index (χ3v) is 4.25. The number of Topliss-reactive ketones (excluding diaryl/α,β-unsaturated/α-hetero) is 1. The minimum Gasteiger partial charge on any atom is -0.340 e. The van der Waals surface area contributed by atoms with Gasteiger partial charge in [-0.25, -0.2) is 9.97 Å². The summed E-state index contributed by atoms with van der Waals surface area (Å²) in [6, 6.07) is 15.2. The fourth-order valence-corrected chi connectivity index (χ4v) is 2.91. The number of nitrogens with one attached hydrogen (secondary N) is 2. The molecule has 0 aliphatic carbocycles. The van der Waals surface area contributed by atoms with Crippen LogP contribution in [0.25, 0.3) is 0 Å². The van der Waals surface area contributed by atoms with Gasteiger partial charge in [0.15, 0.2) is 5.78 Å². The minimum atomic E-state index is 0.0258. The van der Waals surface area contributed by atoms with Gasteiger partial charge in [0.05, 0.1) is 5.69 Å². The average molecular weight is 397 g/mol. The molecular weight excluding hydrogens is 380 g/mol. The predicted octanol–water partition coefficient (Wildman–Crippen LogP) is 5.24. The summed E-state index contributed by atoms with van der Waals surface area (Å²) < 4.78 is 0.967. The molecule has 1 heterocycles. The van der Waals surface area contributed by atoms with Crippen molar-refractivity contribution in [1.29, 1.82) is 0 Å². The molecule has 0 bridgehead atoms. The predicted molar refractivity (Wildman–Crippen MR) is 104 cm³/mol. The number of carbonyl (C=O) groups excluding carboxylic acids is 1. The van der Waals surface area contributed by atoms with Crippen LogP contribution < -0.4 is 10.6 Å². The normalized spacial score (nSPS) is 10.4. The van der Waals surface area contributed by atoms with Crippen LogP contribution in [-0.4, -0.2) is 15.8 Å². The van der Waals surface area contributed by atoms with Crippen LogP contribution in [0.5, 0.6) is 0 Å². The van der Waals surface area contributed by atoms with Crippen molar-refractivity contribution in [3.05, 3.63) is 70.5 Å². The zero-order chi connectivity index (χ0) is 17.8. The monoisotopic (exact) mass is 396 g/mol. The third kappa shape index (κ3) is 4.42. The molecule has 2 N–H and O–H groups in total. The molecule has 0 spiro atoms. The SMILES string of the molecule is CC(=O)c1cccc(Nc2cc(Nc3ccc(C)cc3Br)ncn2)c1. The second-order valence-electron chi connectivity index (χ2n) is 5.66. The molecule has 0 amide bonds. The van der Waals surface area contributed by atoms with E-state index in [4.69, 9.17) is 0 Å². The van der Waals surface area contributed by atoms with E-state index >= 15 is 0 Å². The van der Waals surface area contributed by atoms with Crippen molar-refractivity contribution in [2.24, 2.45) is 0 Å². The maximum absolute atomic E-state index is 11.5. The van der Waals surface area contributed by atoms with Crippen LogP contribution in [0, 0.1) is 6.92 Å². The molecule has 0 unspecified atom stereocenters. The number of aryl methyl sites for hydroxylation is 1. The topological polar surface area (TPSA) is 66.9 Å². The summed E-state index contributed by atoms with van der Waals surface area (Å²) in [4.78, 5) is 20.0. The van der Waals surface area contributed by atoms with Crippen LogP contribution in [0.1, 0.15) is 22.8 Å². The third-order valence-electron chi connectivity index (χ3n) is 3.60. The van der Waals surface area contributed by atoms with Crippen molar-refractivity contribution in [2.45, 2.75) is 13.8 Å². The van der Waals surface area contributed by atoms with Crippen LogP contribution in [0.3, 0.4) is 0 Å².